The van der Waals surface area contributed by atoms with Crippen molar-refractivity contribution >= 4 is 0 Å². The van der Waals surface area contributed by atoms with Gasteiger partial charge in [0.1, 0.15) is 17.6 Å². The lowest BCUT2D eigenvalue weighted by atomic mass is 10.1. The number of nitrogens with one attached hydrogen (secondary N) is 1. The molecule has 3 aromatic rings. The Kier molecular flexibility index (Phi) is 4.34. The van der Waals surface area contributed by atoms with Gasteiger partial charge >= 0.3 is 0 Å². The number of hydrogen-bond donors (Lipinski definition) is 1. The molecule has 0 aliphatic carbocycles. The summed E-state index contributed by atoms with van der Waals surface area (Å²) in [5.41, 5.74) is 5.22. The topological polar surface area (TPSA) is 90.6 Å². The molecule has 136 valence electrons. The minimum Gasteiger partial charge on any atom is -0.340 e. The highest BCUT2D eigenvalue weighted by Gasteiger charge is 2.22. The molecule has 3 aromatic heterocycles. The summed E-state index contributed by atoms with van der Waals surface area (Å²) in [6, 6.07) is 7.82. The lowest BCUT2D eigenvalue weighted by Gasteiger charge is -2.27. The fraction of sp³-hybridized carbons (Fsp3) is 0.300. The molecule has 0 atom stereocenters. The Morgan fingerprint density at radius 1 is 1.33 bits per heavy atom. The van der Waals surface area contributed by atoms with Crippen molar-refractivity contribution in [2.45, 2.75) is 26.4 Å². The monoisotopic (exact) mass is 360 g/mol. The first kappa shape index (κ1) is 17.2. The van der Waals surface area contributed by atoms with Crippen molar-refractivity contribution < 1.29 is 0 Å². The van der Waals surface area contributed by atoms with Gasteiger partial charge in [-0.1, -0.05) is 0 Å². The summed E-state index contributed by atoms with van der Waals surface area (Å²) >= 11 is 0. The Morgan fingerprint density at radius 3 is 2.81 bits per heavy atom. The lowest BCUT2D eigenvalue weighted by molar-refractivity contribution is 0.241. The Labute approximate surface area is 156 Å². The van der Waals surface area contributed by atoms with E-state index in [1.807, 2.05) is 36.7 Å². The second-order valence-corrected chi connectivity index (χ2v) is 6.85. The quantitative estimate of drug-likeness (QED) is 0.770. The number of H-pyrrole nitrogens is 1. The molecule has 0 radical (unpaired) electrons. The van der Waals surface area contributed by atoms with E-state index in [4.69, 9.17) is 0 Å². The molecule has 0 fully saturated rings. The number of nitrogens with zero attached hydrogens (tertiary/aromatic N) is 5. The van der Waals surface area contributed by atoms with E-state index in [1.54, 1.807) is 12.4 Å². The summed E-state index contributed by atoms with van der Waals surface area (Å²) in [5.74, 6) is 0.590. The first-order valence-corrected chi connectivity index (χ1v) is 8.87. The van der Waals surface area contributed by atoms with Crippen LogP contribution in [0.5, 0.6) is 0 Å². The zero-order chi connectivity index (χ0) is 19.0. The van der Waals surface area contributed by atoms with Crippen LogP contribution in [0.2, 0.25) is 0 Å². The summed E-state index contributed by atoms with van der Waals surface area (Å²) in [4.78, 5) is 26.5. The van der Waals surface area contributed by atoms with Gasteiger partial charge in [0, 0.05) is 56.8 Å². The summed E-state index contributed by atoms with van der Waals surface area (Å²) in [6.07, 6.45) is 4.11. The highest BCUT2D eigenvalue weighted by atomic mass is 16.1. The van der Waals surface area contributed by atoms with Crippen LogP contribution < -0.4 is 5.56 Å². The van der Waals surface area contributed by atoms with Crippen molar-refractivity contribution in [3.05, 3.63) is 69.2 Å². The fourth-order valence-electron chi connectivity index (χ4n) is 3.53. The van der Waals surface area contributed by atoms with E-state index in [0.29, 0.717) is 24.6 Å². The normalized spacial score (nSPS) is 14.0. The molecule has 1 aliphatic heterocycles. The van der Waals surface area contributed by atoms with Crippen molar-refractivity contribution in [1.82, 2.24) is 24.4 Å². The fourth-order valence-corrected chi connectivity index (χ4v) is 3.53. The van der Waals surface area contributed by atoms with Gasteiger partial charge in [-0.2, -0.15) is 5.26 Å². The predicted octanol–water partition coefficient (Wildman–Crippen LogP) is 1.91. The molecular formula is C20H20N6O. The SMILES string of the molecule is Cc1c(CN2CCc3nc(-c4ccncc4)[nH]c(=O)c3C2)cc(C#N)n1C. The minimum atomic E-state index is -0.0843. The van der Waals surface area contributed by atoms with Gasteiger partial charge in [0.05, 0.1) is 11.3 Å². The second-order valence-electron chi connectivity index (χ2n) is 6.85. The molecule has 1 aliphatic rings. The average Bonchev–Trinajstić information content (AvgIpc) is 2.97. The van der Waals surface area contributed by atoms with Gasteiger partial charge in [0.25, 0.3) is 5.56 Å². The van der Waals surface area contributed by atoms with Gasteiger partial charge in [-0.3, -0.25) is 14.7 Å². The number of fused-ring (bicyclic) bond motifs is 1. The third-order valence-corrected chi connectivity index (χ3v) is 5.25. The van der Waals surface area contributed by atoms with Crippen molar-refractivity contribution in [2.75, 3.05) is 6.54 Å². The molecule has 4 heterocycles. The van der Waals surface area contributed by atoms with Crippen LogP contribution in [-0.2, 0) is 26.6 Å². The van der Waals surface area contributed by atoms with Crippen LogP contribution in [0.3, 0.4) is 0 Å². The van der Waals surface area contributed by atoms with Gasteiger partial charge in [-0.25, -0.2) is 4.98 Å². The standard InChI is InChI=1S/C20H20N6O/c1-13-15(9-16(10-21)25(13)2)11-26-8-5-18-17(12-26)20(27)24-19(23-18)14-3-6-22-7-4-14/h3-4,6-7,9H,5,8,11-12H2,1-2H3,(H,23,24,27). The molecule has 7 nitrogen and oxygen atoms in total. The van der Waals surface area contributed by atoms with Gasteiger partial charge < -0.3 is 9.55 Å². The summed E-state index contributed by atoms with van der Waals surface area (Å²) < 4.78 is 1.91. The second kappa shape index (κ2) is 6.82. The summed E-state index contributed by atoms with van der Waals surface area (Å²) in [7, 11) is 1.90. The first-order chi connectivity index (χ1) is 13.1. The highest BCUT2D eigenvalue weighted by Crippen LogP contribution is 2.21. The molecule has 1 N–H and O–H groups in total. The van der Waals surface area contributed by atoms with Crippen molar-refractivity contribution in [3.8, 4) is 17.5 Å². The first-order valence-electron chi connectivity index (χ1n) is 8.87. The van der Waals surface area contributed by atoms with E-state index in [0.717, 1.165) is 41.0 Å². The molecule has 7 heteroatoms. The Hall–Kier alpha value is -3.24. The number of aromatic amines is 1. The Balaban J connectivity index is 1.59. The smallest absolute Gasteiger partial charge is 0.255 e. The van der Waals surface area contributed by atoms with Crippen molar-refractivity contribution in [2.24, 2.45) is 7.05 Å². The van der Waals surface area contributed by atoms with Crippen LogP contribution in [0.1, 0.15) is 28.2 Å². The molecule has 0 saturated carbocycles. The average molecular weight is 360 g/mol. The van der Waals surface area contributed by atoms with E-state index in [1.165, 1.54) is 0 Å². The van der Waals surface area contributed by atoms with Crippen molar-refractivity contribution in [1.29, 1.82) is 5.26 Å². The summed E-state index contributed by atoms with van der Waals surface area (Å²) in [6.45, 7) is 4.12. The van der Waals surface area contributed by atoms with Gasteiger partial charge in [0.2, 0.25) is 0 Å². The van der Waals surface area contributed by atoms with Crippen LogP contribution in [-0.4, -0.2) is 31.0 Å². The van der Waals surface area contributed by atoms with Crippen molar-refractivity contribution in [3.63, 3.8) is 0 Å². The number of pyridine rings is 1. The van der Waals surface area contributed by atoms with Crippen LogP contribution >= 0.6 is 0 Å². The third kappa shape index (κ3) is 3.15. The molecule has 27 heavy (non-hydrogen) atoms. The molecular weight excluding hydrogens is 340 g/mol. The van der Waals surface area contributed by atoms with Crippen LogP contribution in [0, 0.1) is 18.3 Å². The summed E-state index contributed by atoms with van der Waals surface area (Å²) in [5, 5.41) is 9.21. The predicted molar refractivity (Wildman–Crippen MR) is 101 cm³/mol. The van der Waals surface area contributed by atoms with E-state index in [9.17, 15) is 10.1 Å². The lowest BCUT2D eigenvalue weighted by Crippen LogP contribution is -2.35. The molecule has 0 amide bonds. The molecule has 0 aromatic carbocycles. The molecule has 0 saturated heterocycles. The minimum absolute atomic E-state index is 0.0843. The number of rotatable bonds is 3. The largest absolute Gasteiger partial charge is 0.340 e. The van der Waals surface area contributed by atoms with E-state index >= 15 is 0 Å². The molecule has 0 spiro atoms. The maximum Gasteiger partial charge on any atom is 0.255 e. The van der Waals surface area contributed by atoms with E-state index < -0.39 is 0 Å². The van der Waals surface area contributed by atoms with Crippen LogP contribution in [0.4, 0.5) is 0 Å². The Morgan fingerprint density at radius 2 is 2.11 bits per heavy atom. The molecule has 4 rings (SSSR count). The molecule has 0 unspecified atom stereocenters. The van der Waals surface area contributed by atoms with Gasteiger partial charge in [-0.05, 0) is 30.7 Å². The van der Waals surface area contributed by atoms with E-state index in [2.05, 4.69) is 25.9 Å². The third-order valence-electron chi connectivity index (χ3n) is 5.25. The Bertz CT molecular complexity index is 1090. The van der Waals surface area contributed by atoms with Crippen LogP contribution in [0.25, 0.3) is 11.4 Å². The molecule has 0 bridgehead atoms. The zero-order valence-corrected chi connectivity index (χ0v) is 15.4. The maximum atomic E-state index is 12.6. The maximum absolute atomic E-state index is 12.6. The number of aromatic nitrogens is 4. The van der Waals surface area contributed by atoms with Crippen LogP contribution in [0.15, 0.2) is 35.4 Å². The highest BCUT2D eigenvalue weighted by molar-refractivity contribution is 5.54. The number of hydrogen-bond acceptors (Lipinski definition) is 5. The zero-order valence-electron chi connectivity index (χ0n) is 15.4. The van der Waals surface area contributed by atoms with Gasteiger partial charge in [-0.15, -0.1) is 0 Å². The van der Waals surface area contributed by atoms with Gasteiger partial charge in [0.15, 0.2) is 0 Å². The van der Waals surface area contributed by atoms with E-state index in [-0.39, 0.29) is 5.56 Å². The number of nitriles is 1.